The molecule has 49 heavy (non-hydrogen) atoms. The number of hydrogen-bond donors (Lipinski definition) is 0. The molecule has 240 valence electrons. The van der Waals surface area contributed by atoms with Gasteiger partial charge in [0.15, 0.2) is 0 Å². The van der Waals surface area contributed by atoms with E-state index in [1.54, 1.807) is 23.5 Å². The number of alkyl halides is 6. The highest BCUT2D eigenvalue weighted by Crippen LogP contribution is 2.40. The molecule has 0 saturated heterocycles. The van der Waals surface area contributed by atoms with Crippen LogP contribution in [0.15, 0.2) is 134 Å². The first kappa shape index (κ1) is 30.8. The van der Waals surface area contributed by atoms with Gasteiger partial charge in [-0.25, -0.2) is 4.98 Å². The van der Waals surface area contributed by atoms with Gasteiger partial charge in [0, 0.05) is 38.8 Å². The summed E-state index contributed by atoms with van der Waals surface area (Å²) in [5.41, 5.74) is 3.91. The fraction of sp³-hybridized carbons (Fsp3) is 0.0500. The molecule has 0 radical (unpaired) electrons. The van der Waals surface area contributed by atoms with Crippen LogP contribution in [0.4, 0.5) is 26.3 Å². The number of rotatable bonds is 4. The van der Waals surface area contributed by atoms with Crippen LogP contribution in [-0.2, 0) is 12.4 Å². The third kappa shape index (κ3) is 5.91. The smallest absolute Gasteiger partial charge is 0.256 e. The summed E-state index contributed by atoms with van der Waals surface area (Å²) >= 11 is 1.69. The Bertz CT molecular complexity index is 2480. The molecule has 8 rings (SSSR count). The minimum atomic E-state index is -4.91. The third-order valence-electron chi connectivity index (χ3n) is 8.62. The van der Waals surface area contributed by atoms with E-state index in [-0.39, 0.29) is 17.2 Å². The maximum Gasteiger partial charge on any atom is 0.416 e. The van der Waals surface area contributed by atoms with Crippen LogP contribution in [0.2, 0.25) is 0 Å². The van der Waals surface area contributed by atoms with Crippen molar-refractivity contribution in [3.63, 3.8) is 0 Å². The predicted octanol–water partition coefficient (Wildman–Crippen LogP) is 12.7. The molecule has 3 heterocycles. The Hall–Kier alpha value is -5.54. The van der Waals surface area contributed by atoms with E-state index in [1.807, 2.05) is 36.7 Å². The summed E-state index contributed by atoms with van der Waals surface area (Å²) in [5, 5.41) is 3.27. The van der Waals surface area contributed by atoms with E-state index in [0.717, 1.165) is 66.6 Å². The van der Waals surface area contributed by atoms with Crippen LogP contribution in [0.1, 0.15) is 11.1 Å². The van der Waals surface area contributed by atoms with Crippen molar-refractivity contribution in [2.45, 2.75) is 12.4 Å². The largest absolute Gasteiger partial charge is 0.416 e. The van der Waals surface area contributed by atoms with E-state index in [2.05, 4.69) is 59.6 Å². The molecule has 8 aromatic rings. The molecule has 0 amide bonds. The van der Waals surface area contributed by atoms with Gasteiger partial charge in [0.25, 0.3) is 0 Å². The van der Waals surface area contributed by atoms with Crippen LogP contribution >= 0.6 is 11.3 Å². The van der Waals surface area contributed by atoms with Gasteiger partial charge in [0.05, 0.1) is 16.6 Å². The van der Waals surface area contributed by atoms with E-state index in [4.69, 9.17) is 4.98 Å². The zero-order valence-corrected chi connectivity index (χ0v) is 26.1. The van der Waals surface area contributed by atoms with Crippen molar-refractivity contribution in [1.82, 2.24) is 9.97 Å². The number of benzene rings is 5. The highest BCUT2D eigenvalue weighted by molar-refractivity contribution is 7.25. The van der Waals surface area contributed by atoms with E-state index in [1.165, 1.54) is 22.2 Å². The van der Waals surface area contributed by atoms with Crippen LogP contribution in [0, 0.1) is 0 Å². The standard InChI is InChI=1S/C40H22F6N2S/c41-39(42,43)32-17-30(18-33(21-32)40(44,45)46)25-7-3-24(4-8-25)28-11-12-29-16-31(22-48-36(29)20-28)26-9-5-23(6-10-26)27-13-14-37-35(19-27)34-2-1-15-47-38(34)49-37/h1-22H. The van der Waals surface area contributed by atoms with Crippen molar-refractivity contribution in [2.24, 2.45) is 0 Å². The Labute approximate surface area is 280 Å². The molecule has 0 atom stereocenters. The van der Waals surface area contributed by atoms with Gasteiger partial charge in [-0.2, -0.15) is 26.3 Å². The fourth-order valence-electron chi connectivity index (χ4n) is 6.08. The fourth-order valence-corrected chi connectivity index (χ4v) is 7.11. The van der Waals surface area contributed by atoms with Gasteiger partial charge in [0.1, 0.15) is 4.83 Å². The molecule has 3 aromatic heterocycles. The van der Waals surface area contributed by atoms with Crippen molar-refractivity contribution < 1.29 is 26.3 Å². The zero-order chi connectivity index (χ0) is 33.9. The molecule has 0 spiro atoms. The summed E-state index contributed by atoms with van der Waals surface area (Å²) in [5.74, 6) is 0. The van der Waals surface area contributed by atoms with Gasteiger partial charge in [-0.3, -0.25) is 4.98 Å². The summed E-state index contributed by atoms with van der Waals surface area (Å²) in [4.78, 5) is 10.2. The van der Waals surface area contributed by atoms with Crippen LogP contribution in [-0.4, -0.2) is 9.97 Å². The molecule has 0 N–H and O–H groups in total. The third-order valence-corrected chi connectivity index (χ3v) is 9.72. The Morgan fingerprint density at radius 1 is 0.449 bits per heavy atom. The lowest BCUT2D eigenvalue weighted by Gasteiger charge is -2.14. The lowest BCUT2D eigenvalue weighted by Crippen LogP contribution is -2.11. The van der Waals surface area contributed by atoms with E-state index in [0.29, 0.717) is 0 Å². The summed E-state index contributed by atoms with van der Waals surface area (Å²) in [6.45, 7) is 0. The minimum absolute atomic E-state index is 0.131. The lowest BCUT2D eigenvalue weighted by molar-refractivity contribution is -0.143. The SMILES string of the molecule is FC(F)(F)c1cc(-c2ccc(-c3ccc4cc(-c5ccc(-c6ccc7sc8ncccc8c7c6)cc5)cnc4c3)cc2)cc(C(F)(F)F)c1. The second-order valence-electron chi connectivity index (χ2n) is 11.7. The van der Waals surface area contributed by atoms with Crippen LogP contribution in [0.3, 0.4) is 0 Å². The summed E-state index contributed by atoms with van der Waals surface area (Å²) in [6, 6.07) is 34.7. The minimum Gasteiger partial charge on any atom is -0.256 e. The normalized spacial score (nSPS) is 12.3. The molecule has 2 nitrogen and oxygen atoms in total. The van der Waals surface area contributed by atoms with Gasteiger partial charge in [-0.15, -0.1) is 11.3 Å². The quantitative estimate of drug-likeness (QED) is 0.173. The first-order chi connectivity index (χ1) is 23.5. The second-order valence-corrected chi connectivity index (χ2v) is 12.8. The molecular formula is C40H22F6N2S. The molecule has 0 aliphatic carbocycles. The molecule has 0 fully saturated rings. The Balaban J connectivity index is 1.04. The maximum absolute atomic E-state index is 13.4. The number of fused-ring (bicyclic) bond motifs is 4. The Morgan fingerprint density at radius 3 is 1.63 bits per heavy atom. The summed E-state index contributed by atoms with van der Waals surface area (Å²) < 4.78 is 81.4. The molecule has 0 bridgehead atoms. The first-order valence-corrected chi connectivity index (χ1v) is 16.0. The first-order valence-electron chi connectivity index (χ1n) is 15.2. The van der Waals surface area contributed by atoms with Crippen molar-refractivity contribution in [1.29, 1.82) is 0 Å². The molecule has 9 heteroatoms. The highest BCUT2D eigenvalue weighted by Gasteiger charge is 2.37. The average molecular weight is 677 g/mol. The van der Waals surface area contributed by atoms with Crippen molar-refractivity contribution in [3.05, 3.63) is 145 Å². The topological polar surface area (TPSA) is 25.8 Å². The van der Waals surface area contributed by atoms with Crippen LogP contribution < -0.4 is 0 Å². The average Bonchev–Trinajstić information content (AvgIpc) is 3.48. The Kier molecular flexibility index (Phi) is 7.26. The number of thiophene rings is 1. The molecule has 0 unspecified atom stereocenters. The molecule has 0 saturated carbocycles. The van der Waals surface area contributed by atoms with Crippen molar-refractivity contribution >= 4 is 42.5 Å². The maximum atomic E-state index is 13.4. The van der Waals surface area contributed by atoms with Crippen molar-refractivity contribution in [2.75, 3.05) is 0 Å². The predicted molar refractivity (Wildman–Crippen MR) is 184 cm³/mol. The molecule has 0 aliphatic rings. The molecule has 5 aromatic carbocycles. The molecular weight excluding hydrogens is 655 g/mol. The lowest BCUT2D eigenvalue weighted by atomic mass is 9.96. The number of pyridine rings is 2. The zero-order valence-electron chi connectivity index (χ0n) is 25.3. The summed E-state index contributed by atoms with van der Waals surface area (Å²) in [6.07, 6.45) is -6.20. The van der Waals surface area contributed by atoms with Crippen LogP contribution in [0.25, 0.3) is 75.7 Å². The number of aromatic nitrogens is 2. The van der Waals surface area contributed by atoms with Gasteiger partial charge in [0.2, 0.25) is 0 Å². The van der Waals surface area contributed by atoms with Crippen LogP contribution in [0.5, 0.6) is 0 Å². The van der Waals surface area contributed by atoms with Gasteiger partial charge < -0.3 is 0 Å². The Morgan fingerprint density at radius 2 is 1.00 bits per heavy atom. The monoisotopic (exact) mass is 676 g/mol. The number of hydrogen-bond acceptors (Lipinski definition) is 3. The second kappa shape index (κ2) is 11.6. The van der Waals surface area contributed by atoms with E-state index < -0.39 is 23.5 Å². The summed E-state index contributed by atoms with van der Waals surface area (Å²) in [7, 11) is 0. The number of halogens is 6. The number of nitrogens with zero attached hydrogens (tertiary/aromatic N) is 2. The van der Waals surface area contributed by atoms with Crippen molar-refractivity contribution in [3.8, 4) is 44.5 Å². The van der Waals surface area contributed by atoms with E-state index in [9.17, 15) is 26.3 Å². The highest BCUT2D eigenvalue weighted by atomic mass is 32.1. The molecule has 0 aliphatic heterocycles. The van der Waals surface area contributed by atoms with Gasteiger partial charge in [-0.1, -0.05) is 66.7 Å². The van der Waals surface area contributed by atoms with Gasteiger partial charge >= 0.3 is 12.4 Å². The van der Waals surface area contributed by atoms with E-state index >= 15 is 0 Å². The van der Waals surface area contributed by atoms with Gasteiger partial charge in [-0.05, 0) is 93.5 Å².